The molecule has 0 fully saturated rings. The van der Waals surface area contributed by atoms with Crippen molar-refractivity contribution in [3.63, 3.8) is 0 Å². The lowest BCUT2D eigenvalue weighted by atomic mass is 10.3. The molecule has 0 saturated heterocycles. The number of carbonyl (C=O) groups excluding carboxylic acids is 1. The van der Waals surface area contributed by atoms with E-state index < -0.39 is 0 Å². The second-order valence-electron chi connectivity index (χ2n) is 4.71. The van der Waals surface area contributed by atoms with E-state index in [0.29, 0.717) is 31.3 Å². The maximum atomic E-state index is 11.8. The van der Waals surface area contributed by atoms with E-state index in [9.17, 15) is 4.79 Å². The highest BCUT2D eigenvalue weighted by atomic mass is 16.5. The number of benzene rings is 1. The number of aromatic nitrogens is 2. The fourth-order valence-electron chi connectivity index (χ4n) is 1.83. The summed E-state index contributed by atoms with van der Waals surface area (Å²) in [5, 5.41) is 5.68. The van der Waals surface area contributed by atoms with Crippen molar-refractivity contribution in [2.75, 3.05) is 32.1 Å². The van der Waals surface area contributed by atoms with Crippen molar-refractivity contribution in [2.24, 2.45) is 0 Å². The van der Waals surface area contributed by atoms with Gasteiger partial charge in [0.1, 0.15) is 23.8 Å². The lowest BCUT2D eigenvalue weighted by Gasteiger charge is -2.09. The van der Waals surface area contributed by atoms with Gasteiger partial charge in [-0.15, -0.1) is 6.58 Å². The first kappa shape index (κ1) is 17.3. The number of hydrogen-bond donors (Lipinski definition) is 2. The van der Waals surface area contributed by atoms with Gasteiger partial charge < -0.3 is 20.1 Å². The Kier molecular flexibility index (Phi) is 6.58. The van der Waals surface area contributed by atoms with Crippen LogP contribution >= 0.6 is 0 Å². The lowest BCUT2D eigenvalue weighted by Crippen LogP contribution is -2.24. The van der Waals surface area contributed by atoms with Crippen LogP contribution in [0.3, 0.4) is 0 Å². The van der Waals surface area contributed by atoms with Crippen LogP contribution in [0.5, 0.6) is 11.5 Å². The Bertz CT molecular complexity index is 674. The molecule has 1 amide bonds. The van der Waals surface area contributed by atoms with Crippen LogP contribution in [0.2, 0.25) is 0 Å². The van der Waals surface area contributed by atoms with Crippen LogP contribution in [-0.2, 0) is 0 Å². The zero-order valence-electron chi connectivity index (χ0n) is 13.5. The molecule has 0 aliphatic heterocycles. The van der Waals surface area contributed by atoms with Gasteiger partial charge in [-0.25, -0.2) is 9.97 Å². The van der Waals surface area contributed by atoms with Gasteiger partial charge in [0.15, 0.2) is 0 Å². The molecule has 0 saturated carbocycles. The van der Waals surface area contributed by atoms with Crippen molar-refractivity contribution in [2.45, 2.75) is 0 Å². The van der Waals surface area contributed by atoms with Crippen LogP contribution in [-0.4, -0.2) is 42.7 Å². The summed E-state index contributed by atoms with van der Waals surface area (Å²) in [4.78, 5) is 20.0. The van der Waals surface area contributed by atoms with Crippen LogP contribution < -0.4 is 20.1 Å². The standard InChI is InChI=1S/C17H20N4O3/c1-3-9-18-16(22)15-8-10-19-17(21-15)20-11-12-24-14-6-4-13(23-2)5-7-14/h3-8,10H,1,9,11-12H2,2H3,(H,18,22)(H,19,20,21). The van der Waals surface area contributed by atoms with Gasteiger partial charge in [-0.05, 0) is 30.3 Å². The maximum Gasteiger partial charge on any atom is 0.270 e. The molecular weight excluding hydrogens is 308 g/mol. The van der Waals surface area contributed by atoms with Gasteiger partial charge in [0, 0.05) is 12.7 Å². The molecule has 0 aliphatic rings. The number of ether oxygens (including phenoxy) is 2. The van der Waals surface area contributed by atoms with E-state index in [1.807, 2.05) is 24.3 Å². The summed E-state index contributed by atoms with van der Waals surface area (Å²) >= 11 is 0. The topological polar surface area (TPSA) is 85.4 Å². The van der Waals surface area contributed by atoms with E-state index in [1.54, 1.807) is 19.3 Å². The summed E-state index contributed by atoms with van der Waals surface area (Å²) in [6, 6.07) is 8.88. The molecule has 2 aromatic rings. The molecule has 0 bridgehead atoms. The molecule has 0 radical (unpaired) electrons. The second-order valence-corrected chi connectivity index (χ2v) is 4.71. The van der Waals surface area contributed by atoms with Crippen LogP contribution in [0.4, 0.5) is 5.95 Å². The van der Waals surface area contributed by atoms with E-state index in [0.717, 1.165) is 11.5 Å². The molecular formula is C17H20N4O3. The highest BCUT2D eigenvalue weighted by Crippen LogP contribution is 2.16. The zero-order valence-corrected chi connectivity index (χ0v) is 13.5. The molecule has 7 heteroatoms. The van der Waals surface area contributed by atoms with Gasteiger partial charge in [-0.2, -0.15) is 0 Å². The highest BCUT2D eigenvalue weighted by molar-refractivity contribution is 5.92. The first-order valence-corrected chi connectivity index (χ1v) is 7.46. The minimum atomic E-state index is -0.269. The Morgan fingerprint density at radius 1 is 1.25 bits per heavy atom. The molecule has 126 valence electrons. The summed E-state index contributed by atoms with van der Waals surface area (Å²) in [6.07, 6.45) is 3.14. The third kappa shape index (κ3) is 5.28. The molecule has 2 rings (SSSR count). The van der Waals surface area contributed by atoms with Crippen LogP contribution in [0, 0.1) is 0 Å². The first-order chi connectivity index (χ1) is 11.7. The highest BCUT2D eigenvalue weighted by Gasteiger charge is 2.07. The molecule has 0 spiro atoms. The first-order valence-electron chi connectivity index (χ1n) is 7.46. The van der Waals surface area contributed by atoms with Gasteiger partial charge in [0.25, 0.3) is 5.91 Å². The van der Waals surface area contributed by atoms with Crippen molar-refractivity contribution in [1.29, 1.82) is 0 Å². The Hall–Kier alpha value is -3.09. The molecule has 2 N–H and O–H groups in total. The normalized spacial score (nSPS) is 9.88. The SMILES string of the molecule is C=CCNC(=O)c1ccnc(NCCOc2ccc(OC)cc2)n1. The van der Waals surface area contributed by atoms with E-state index >= 15 is 0 Å². The Morgan fingerprint density at radius 2 is 2.00 bits per heavy atom. The number of methoxy groups -OCH3 is 1. The molecule has 7 nitrogen and oxygen atoms in total. The molecule has 0 aliphatic carbocycles. The monoisotopic (exact) mass is 328 g/mol. The minimum Gasteiger partial charge on any atom is -0.497 e. The summed E-state index contributed by atoms with van der Waals surface area (Å²) in [5.41, 5.74) is 0.297. The summed E-state index contributed by atoms with van der Waals surface area (Å²) in [7, 11) is 1.62. The smallest absolute Gasteiger partial charge is 0.270 e. The average Bonchev–Trinajstić information content (AvgIpc) is 2.64. The third-order valence-corrected chi connectivity index (χ3v) is 3.01. The van der Waals surface area contributed by atoms with E-state index in [1.165, 1.54) is 6.20 Å². The number of hydrogen-bond acceptors (Lipinski definition) is 6. The number of rotatable bonds is 9. The van der Waals surface area contributed by atoms with Crippen molar-refractivity contribution < 1.29 is 14.3 Å². The van der Waals surface area contributed by atoms with Gasteiger partial charge >= 0.3 is 0 Å². The van der Waals surface area contributed by atoms with Crippen molar-refractivity contribution in [1.82, 2.24) is 15.3 Å². The summed E-state index contributed by atoms with van der Waals surface area (Å²) < 4.78 is 10.7. The van der Waals surface area contributed by atoms with E-state index in [-0.39, 0.29) is 5.91 Å². The quantitative estimate of drug-likeness (QED) is 0.540. The van der Waals surface area contributed by atoms with E-state index in [2.05, 4.69) is 27.2 Å². The number of carbonyl (C=O) groups is 1. The molecule has 0 unspecified atom stereocenters. The van der Waals surface area contributed by atoms with Crippen LogP contribution in [0.15, 0.2) is 49.2 Å². The summed E-state index contributed by atoms with van der Waals surface area (Å²) in [5.74, 6) is 1.63. The van der Waals surface area contributed by atoms with Crippen molar-refractivity contribution >= 4 is 11.9 Å². The van der Waals surface area contributed by atoms with Gasteiger partial charge in [0.05, 0.1) is 13.7 Å². The molecule has 0 atom stereocenters. The third-order valence-electron chi connectivity index (χ3n) is 3.01. The predicted molar refractivity (Wildman–Crippen MR) is 91.5 cm³/mol. The largest absolute Gasteiger partial charge is 0.497 e. The molecule has 1 heterocycles. The minimum absolute atomic E-state index is 0.269. The second kappa shape index (κ2) is 9.14. The Morgan fingerprint density at radius 3 is 2.71 bits per heavy atom. The summed E-state index contributed by atoms with van der Waals surface area (Å²) in [6.45, 7) is 4.87. The van der Waals surface area contributed by atoms with Gasteiger partial charge in [-0.1, -0.05) is 6.08 Å². The molecule has 1 aromatic heterocycles. The maximum absolute atomic E-state index is 11.8. The van der Waals surface area contributed by atoms with E-state index in [4.69, 9.17) is 9.47 Å². The lowest BCUT2D eigenvalue weighted by molar-refractivity contribution is 0.0953. The Balaban J connectivity index is 1.79. The number of anilines is 1. The van der Waals surface area contributed by atoms with Gasteiger partial charge in [-0.3, -0.25) is 4.79 Å². The molecule has 24 heavy (non-hydrogen) atoms. The van der Waals surface area contributed by atoms with Crippen LogP contribution in [0.1, 0.15) is 10.5 Å². The predicted octanol–water partition coefficient (Wildman–Crippen LogP) is 1.89. The molecule has 1 aromatic carbocycles. The Labute approximate surface area is 140 Å². The number of nitrogens with one attached hydrogen (secondary N) is 2. The van der Waals surface area contributed by atoms with Gasteiger partial charge in [0.2, 0.25) is 5.95 Å². The zero-order chi connectivity index (χ0) is 17.2. The van der Waals surface area contributed by atoms with Crippen molar-refractivity contribution in [3.8, 4) is 11.5 Å². The van der Waals surface area contributed by atoms with Crippen molar-refractivity contribution in [3.05, 3.63) is 54.9 Å². The van der Waals surface area contributed by atoms with Crippen LogP contribution in [0.25, 0.3) is 0 Å². The fraction of sp³-hybridized carbons (Fsp3) is 0.235. The fourth-order valence-corrected chi connectivity index (χ4v) is 1.83. The average molecular weight is 328 g/mol. The number of amides is 1. The number of nitrogens with zero attached hydrogens (tertiary/aromatic N) is 2.